The first-order valence-electron chi connectivity index (χ1n) is 8.20. The van der Waals surface area contributed by atoms with Gasteiger partial charge in [0.2, 0.25) is 0 Å². The van der Waals surface area contributed by atoms with Gasteiger partial charge in [-0.3, -0.25) is 0 Å². The standard InChI is InChI=1S/C18H17F3N2O3S/c19-18(20,21)13-5-4-6-14(11-13)22-17(24)23-10-9-16(12-23)27(25,26)15-7-2-1-3-8-15/h1-8,11,16H,9-10,12H2,(H,22,24). The van der Waals surface area contributed by atoms with E-state index in [-0.39, 0.29) is 30.1 Å². The Hall–Kier alpha value is -2.55. The summed E-state index contributed by atoms with van der Waals surface area (Å²) in [4.78, 5) is 13.8. The minimum atomic E-state index is -4.51. The highest BCUT2D eigenvalue weighted by Crippen LogP contribution is 2.31. The van der Waals surface area contributed by atoms with Gasteiger partial charge in [0.1, 0.15) is 0 Å². The highest BCUT2D eigenvalue weighted by molar-refractivity contribution is 7.92. The van der Waals surface area contributed by atoms with Gasteiger partial charge in [-0.2, -0.15) is 13.2 Å². The number of hydrogen-bond acceptors (Lipinski definition) is 3. The van der Waals surface area contributed by atoms with Crippen LogP contribution in [0.15, 0.2) is 59.5 Å². The van der Waals surface area contributed by atoms with E-state index in [2.05, 4.69) is 5.32 Å². The number of carbonyl (C=O) groups is 1. The van der Waals surface area contributed by atoms with Gasteiger partial charge in [-0.25, -0.2) is 13.2 Å². The zero-order valence-corrected chi connectivity index (χ0v) is 14.9. The maximum Gasteiger partial charge on any atom is 0.416 e. The number of rotatable bonds is 3. The molecular weight excluding hydrogens is 381 g/mol. The van der Waals surface area contributed by atoms with Gasteiger partial charge in [-0.05, 0) is 36.8 Å². The number of anilines is 1. The zero-order valence-electron chi connectivity index (χ0n) is 14.1. The van der Waals surface area contributed by atoms with Crippen LogP contribution in [0.4, 0.5) is 23.7 Å². The van der Waals surface area contributed by atoms with Crippen LogP contribution in [0, 0.1) is 0 Å². The fourth-order valence-corrected chi connectivity index (χ4v) is 4.66. The van der Waals surface area contributed by atoms with Gasteiger partial charge in [-0.15, -0.1) is 0 Å². The van der Waals surface area contributed by atoms with E-state index < -0.39 is 32.9 Å². The highest BCUT2D eigenvalue weighted by Gasteiger charge is 2.36. The molecule has 144 valence electrons. The van der Waals surface area contributed by atoms with Gasteiger partial charge in [-0.1, -0.05) is 24.3 Å². The molecule has 5 nitrogen and oxygen atoms in total. The first kappa shape index (κ1) is 19.2. The Morgan fingerprint density at radius 3 is 2.44 bits per heavy atom. The number of nitrogens with zero attached hydrogens (tertiary/aromatic N) is 1. The Labute approximate surface area is 154 Å². The highest BCUT2D eigenvalue weighted by atomic mass is 32.2. The maximum absolute atomic E-state index is 12.8. The number of sulfone groups is 1. The zero-order chi connectivity index (χ0) is 19.7. The second kappa shape index (κ2) is 7.22. The number of alkyl halides is 3. The predicted molar refractivity (Wildman–Crippen MR) is 94.1 cm³/mol. The summed E-state index contributed by atoms with van der Waals surface area (Å²) in [7, 11) is -3.57. The summed E-state index contributed by atoms with van der Waals surface area (Å²) in [6.45, 7) is 0.198. The van der Waals surface area contributed by atoms with E-state index in [1.54, 1.807) is 18.2 Å². The van der Waals surface area contributed by atoms with Crippen LogP contribution < -0.4 is 5.32 Å². The number of hydrogen-bond donors (Lipinski definition) is 1. The number of likely N-dealkylation sites (tertiary alicyclic amines) is 1. The van der Waals surface area contributed by atoms with Crippen LogP contribution in [0.3, 0.4) is 0 Å². The molecule has 0 aliphatic carbocycles. The molecule has 1 heterocycles. The van der Waals surface area contributed by atoms with Gasteiger partial charge in [0.15, 0.2) is 9.84 Å². The lowest BCUT2D eigenvalue weighted by molar-refractivity contribution is -0.137. The lowest BCUT2D eigenvalue weighted by Gasteiger charge is -2.18. The van der Waals surface area contributed by atoms with Gasteiger partial charge < -0.3 is 10.2 Å². The number of carbonyl (C=O) groups excluding carboxylic acids is 1. The Bertz CT molecular complexity index is 930. The van der Waals surface area contributed by atoms with Crippen LogP contribution in [0.25, 0.3) is 0 Å². The summed E-state index contributed by atoms with van der Waals surface area (Å²) < 4.78 is 63.5. The number of urea groups is 1. The molecule has 2 aromatic rings. The summed E-state index contributed by atoms with van der Waals surface area (Å²) in [6.07, 6.45) is -4.24. The van der Waals surface area contributed by atoms with E-state index in [0.717, 1.165) is 12.1 Å². The summed E-state index contributed by atoms with van der Waals surface area (Å²) >= 11 is 0. The van der Waals surface area contributed by atoms with E-state index >= 15 is 0 Å². The van der Waals surface area contributed by atoms with Crippen LogP contribution in [0.2, 0.25) is 0 Å². The van der Waals surface area contributed by atoms with Crippen LogP contribution in [0.5, 0.6) is 0 Å². The minimum absolute atomic E-state index is 0.00388. The van der Waals surface area contributed by atoms with Crippen LogP contribution in [0.1, 0.15) is 12.0 Å². The van der Waals surface area contributed by atoms with Crippen LogP contribution in [-0.4, -0.2) is 37.7 Å². The predicted octanol–water partition coefficient (Wildman–Crippen LogP) is 3.79. The molecule has 3 rings (SSSR count). The van der Waals surface area contributed by atoms with E-state index in [9.17, 15) is 26.4 Å². The molecule has 2 aromatic carbocycles. The molecule has 1 fully saturated rings. The Morgan fingerprint density at radius 2 is 1.78 bits per heavy atom. The molecule has 0 aromatic heterocycles. The summed E-state index contributed by atoms with van der Waals surface area (Å²) in [6, 6.07) is 11.6. The molecular formula is C18H17F3N2O3S. The van der Waals surface area contributed by atoms with Crippen molar-refractivity contribution in [3.63, 3.8) is 0 Å². The molecule has 0 saturated carbocycles. The van der Waals surface area contributed by atoms with Crippen LogP contribution >= 0.6 is 0 Å². The summed E-state index contributed by atoms with van der Waals surface area (Å²) in [5, 5.41) is 1.66. The van der Waals surface area contributed by atoms with Gasteiger partial charge in [0.05, 0.1) is 15.7 Å². The first-order chi connectivity index (χ1) is 12.7. The molecule has 9 heteroatoms. The second-order valence-electron chi connectivity index (χ2n) is 6.22. The fraction of sp³-hybridized carbons (Fsp3) is 0.278. The Balaban J connectivity index is 1.68. The lowest BCUT2D eigenvalue weighted by atomic mass is 10.2. The van der Waals surface area contributed by atoms with Crippen molar-refractivity contribution in [3.8, 4) is 0 Å². The molecule has 1 N–H and O–H groups in total. The van der Waals surface area contributed by atoms with E-state index in [1.807, 2.05) is 0 Å². The molecule has 1 saturated heterocycles. The van der Waals surface area contributed by atoms with E-state index in [1.165, 1.54) is 29.2 Å². The smallest absolute Gasteiger partial charge is 0.323 e. The molecule has 1 atom stereocenters. The summed E-state index contributed by atoms with van der Waals surface area (Å²) in [5.41, 5.74) is -0.865. The molecule has 27 heavy (non-hydrogen) atoms. The maximum atomic E-state index is 12.8. The van der Waals surface area contributed by atoms with Crippen molar-refractivity contribution in [1.82, 2.24) is 4.90 Å². The lowest BCUT2D eigenvalue weighted by Crippen LogP contribution is -2.35. The summed E-state index contributed by atoms with van der Waals surface area (Å²) in [5.74, 6) is 0. The van der Waals surface area contributed by atoms with Crippen molar-refractivity contribution in [1.29, 1.82) is 0 Å². The average molecular weight is 398 g/mol. The third kappa shape index (κ3) is 4.24. The molecule has 0 bridgehead atoms. The SMILES string of the molecule is O=C(Nc1cccc(C(F)(F)F)c1)N1CCC(S(=O)(=O)c2ccccc2)C1. The molecule has 1 aliphatic heterocycles. The third-order valence-corrected chi connectivity index (χ3v) is 6.58. The first-order valence-corrected chi connectivity index (χ1v) is 9.75. The Morgan fingerprint density at radius 1 is 1.07 bits per heavy atom. The van der Waals surface area contributed by atoms with Crippen molar-refractivity contribution < 1.29 is 26.4 Å². The normalized spacial score (nSPS) is 17.7. The van der Waals surface area contributed by atoms with Crippen molar-refractivity contribution in [2.24, 2.45) is 0 Å². The number of halogens is 3. The van der Waals surface area contributed by atoms with Gasteiger partial charge >= 0.3 is 12.2 Å². The molecule has 2 amide bonds. The van der Waals surface area contributed by atoms with Crippen molar-refractivity contribution in [3.05, 3.63) is 60.2 Å². The monoisotopic (exact) mass is 398 g/mol. The molecule has 0 spiro atoms. The van der Waals surface area contributed by atoms with E-state index in [0.29, 0.717) is 0 Å². The van der Waals surface area contributed by atoms with E-state index in [4.69, 9.17) is 0 Å². The van der Waals surface area contributed by atoms with Gasteiger partial charge in [0, 0.05) is 18.8 Å². The topological polar surface area (TPSA) is 66.5 Å². The Kier molecular flexibility index (Phi) is 5.14. The average Bonchev–Trinajstić information content (AvgIpc) is 3.13. The van der Waals surface area contributed by atoms with Crippen molar-refractivity contribution in [2.75, 3.05) is 18.4 Å². The minimum Gasteiger partial charge on any atom is -0.323 e. The van der Waals surface area contributed by atoms with Crippen LogP contribution in [-0.2, 0) is 16.0 Å². The number of amides is 2. The van der Waals surface area contributed by atoms with Gasteiger partial charge in [0.25, 0.3) is 0 Å². The molecule has 0 radical (unpaired) electrons. The number of benzene rings is 2. The fourth-order valence-electron chi connectivity index (χ4n) is 2.94. The quantitative estimate of drug-likeness (QED) is 0.856. The van der Waals surface area contributed by atoms with Crippen molar-refractivity contribution >= 4 is 21.6 Å². The molecule has 1 aliphatic rings. The molecule has 1 unspecified atom stereocenters. The third-order valence-electron chi connectivity index (χ3n) is 4.38. The number of nitrogens with one attached hydrogen (secondary N) is 1. The largest absolute Gasteiger partial charge is 0.416 e. The van der Waals surface area contributed by atoms with Crippen molar-refractivity contribution in [2.45, 2.75) is 22.7 Å². The second-order valence-corrected chi connectivity index (χ2v) is 8.45.